The van der Waals surface area contributed by atoms with Crippen LogP contribution in [0.25, 0.3) is 0 Å². The molecule has 0 fully saturated rings. The van der Waals surface area contributed by atoms with Crippen LogP contribution < -0.4 is 15.8 Å². The zero-order valence-electron chi connectivity index (χ0n) is 14.9. The molecular weight excluding hydrogens is 350 g/mol. The van der Waals surface area contributed by atoms with Crippen LogP contribution in [0.3, 0.4) is 0 Å². The van der Waals surface area contributed by atoms with Crippen molar-refractivity contribution in [1.29, 1.82) is 5.26 Å². The summed E-state index contributed by atoms with van der Waals surface area (Å²) in [5.74, 6) is 0.0168. The second kappa shape index (κ2) is 9.15. The molecule has 9 nitrogen and oxygen atoms in total. The van der Waals surface area contributed by atoms with E-state index >= 15 is 0 Å². The first-order chi connectivity index (χ1) is 13.0. The Kier molecular flexibility index (Phi) is 6.66. The molecule has 3 N–H and O–H groups in total. The van der Waals surface area contributed by atoms with E-state index in [-0.39, 0.29) is 12.4 Å². The molecule has 140 valence electrons. The molecule has 0 saturated carbocycles. The van der Waals surface area contributed by atoms with Crippen LogP contribution in [0, 0.1) is 11.3 Å². The van der Waals surface area contributed by atoms with E-state index in [9.17, 15) is 9.59 Å². The Hall–Kier alpha value is -3.67. The van der Waals surface area contributed by atoms with E-state index in [1.807, 2.05) is 6.92 Å². The molecule has 0 saturated heterocycles. The summed E-state index contributed by atoms with van der Waals surface area (Å²) in [5, 5.41) is 11.5. The molecule has 0 bridgehead atoms. The van der Waals surface area contributed by atoms with E-state index in [4.69, 9.17) is 20.5 Å². The summed E-state index contributed by atoms with van der Waals surface area (Å²) in [6.07, 6.45) is 1.67. The molecule has 2 aromatic rings. The molecule has 0 aliphatic carbocycles. The molecular formula is C18H19N5O4. The maximum Gasteiger partial charge on any atom is 0.405 e. The van der Waals surface area contributed by atoms with E-state index in [0.29, 0.717) is 23.4 Å². The Morgan fingerprint density at radius 1 is 1.30 bits per heavy atom. The molecule has 0 aliphatic rings. The van der Waals surface area contributed by atoms with E-state index in [1.54, 1.807) is 25.1 Å². The first kappa shape index (κ1) is 19.7. The molecule has 9 heteroatoms. The summed E-state index contributed by atoms with van der Waals surface area (Å²) in [4.78, 5) is 30.9. The van der Waals surface area contributed by atoms with Gasteiger partial charge in [0.25, 0.3) is 5.91 Å². The Morgan fingerprint density at radius 2 is 2.00 bits per heavy atom. The number of ether oxygens (including phenoxy) is 2. The van der Waals surface area contributed by atoms with Crippen molar-refractivity contribution in [2.45, 2.75) is 32.8 Å². The fourth-order valence-corrected chi connectivity index (χ4v) is 2.24. The van der Waals surface area contributed by atoms with Crippen LogP contribution in [0.2, 0.25) is 0 Å². The highest BCUT2D eigenvalue weighted by molar-refractivity contribution is 5.94. The average Bonchev–Trinajstić information content (AvgIpc) is 2.67. The molecule has 0 aliphatic heterocycles. The van der Waals surface area contributed by atoms with Crippen molar-refractivity contribution in [3.8, 4) is 17.8 Å². The normalized spacial score (nSPS) is 11.1. The summed E-state index contributed by atoms with van der Waals surface area (Å²) >= 11 is 0. The van der Waals surface area contributed by atoms with Crippen LogP contribution >= 0.6 is 0 Å². The number of hydrogen-bond donors (Lipinski definition) is 2. The highest BCUT2D eigenvalue weighted by Crippen LogP contribution is 2.25. The molecule has 0 radical (unpaired) electrons. The van der Waals surface area contributed by atoms with Crippen molar-refractivity contribution >= 4 is 17.7 Å². The van der Waals surface area contributed by atoms with Gasteiger partial charge in [-0.05, 0) is 36.6 Å². The number of aromatic nitrogens is 2. The monoisotopic (exact) mass is 369 g/mol. The number of nitrogens with zero attached hydrogens (tertiary/aromatic N) is 3. The lowest BCUT2D eigenvalue weighted by Gasteiger charge is -2.14. The topological polar surface area (TPSA) is 140 Å². The van der Waals surface area contributed by atoms with E-state index in [2.05, 4.69) is 21.4 Å². The molecule has 1 aromatic carbocycles. The van der Waals surface area contributed by atoms with Crippen LogP contribution in [0.4, 0.5) is 10.5 Å². The zero-order chi connectivity index (χ0) is 19.8. The Morgan fingerprint density at radius 3 is 2.56 bits per heavy atom. The number of amides is 2. The molecule has 2 rings (SSSR count). The van der Waals surface area contributed by atoms with Crippen LogP contribution in [-0.2, 0) is 16.0 Å². The van der Waals surface area contributed by atoms with Gasteiger partial charge in [-0.3, -0.25) is 4.79 Å². The van der Waals surface area contributed by atoms with Gasteiger partial charge in [0.15, 0.2) is 6.10 Å². The first-order valence-electron chi connectivity index (χ1n) is 8.26. The quantitative estimate of drug-likeness (QED) is 0.764. The lowest BCUT2D eigenvalue weighted by molar-refractivity contribution is -0.124. The van der Waals surface area contributed by atoms with Gasteiger partial charge in [-0.2, -0.15) is 5.26 Å². The highest BCUT2D eigenvalue weighted by atomic mass is 16.6. The standard InChI is InChI=1S/C18H19N5O4/c1-3-12-7-11(8-19)5-6-15(12)27-18-21-9-13(10-22-18)23-16(24)14(4-2)26-17(20)25/h5-7,9-10,14H,3-4H2,1-2H3,(H2,20,25)(H,23,24)/t14-/m1/s1. The highest BCUT2D eigenvalue weighted by Gasteiger charge is 2.20. The van der Waals surface area contributed by atoms with Gasteiger partial charge < -0.3 is 20.5 Å². The third-order valence-electron chi connectivity index (χ3n) is 3.59. The summed E-state index contributed by atoms with van der Waals surface area (Å²) in [6, 6.07) is 7.24. The van der Waals surface area contributed by atoms with Gasteiger partial charge in [0, 0.05) is 0 Å². The van der Waals surface area contributed by atoms with Crippen molar-refractivity contribution in [3.05, 3.63) is 41.7 Å². The van der Waals surface area contributed by atoms with Gasteiger partial charge in [-0.25, -0.2) is 14.8 Å². The van der Waals surface area contributed by atoms with E-state index < -0.39 is 18.1 Å². The molecule has 1 atom stereocenters. The maximum absolute atomic E-state index is 12.0. The average molecular weight is 369 g/mol. The van der Waals surface area contributed by atoms with Crippen LogP contribution in [0.15, 0.2) is 30.6 Å². The molecule has 1 aromatic heterocycles. The number of nitrogens with two attached hydrogens (primary N) is 1. The Labute approximate surface area is 156 Å². The molecule has 0 spiro atoms. The van der Waals surface area contributed by atoms with Gasteiger partial charge in [0.05, 0.1) is 29.7 Å². The Balaban J connectivity index is 2.06. The molecule has 0 unspecified atom stereocenters. The molecule has 27 heavy (non-hydrogen) atoms. The van der Waals surface area contributed by atoms with Crippen molar-refractivity contribution in [2.75, 3.05) is 5.32 Å². The van der Waals surface area contributed by atoms with Crippen LogP contribution in [0.5, 0.6) is 11.8 Å². The predicted molar refractivity (Wildman–Crippen MR) is 96.0 cm³/mol. The third-order valence-corrected chi connectivity index (χ3v) is 3.59. The minimum atomic E-state index is -1.02. The summed E-state index contributed by atoms with van der Waals surface area (Å²) in [5.41, 5.74) is 6.64. The molecule has 2 amide bonds. The summed E-state index contributed by atoms with van der Waals surface area (Å²) in [7, 11) is 0. The number of anilines is 1. The predicted octanol–water partition coefficient (Wildman–Crippen LogP) is 2.52. The summed E-state index contributed by atoms with van der Waals surface area (Å²) in [6.45, 7) is 3.63. The van der Waals surface area contributed by atoms with E-state index in [0.717, 1.165) is 5.56 Å². The maximum atomic E-state index is 12.0. The number of aryl methyl sites for hydroxylation is 1. The number of rotatable bonds is 7. The van der Waals surface area contributed by atoms with Crippen LogP contribution in [0.1, 0.15) is 31.4 Å². The van der Waals surface area contributed by atoms with Gasteiger partial charge in [-0.15, -0.1) is 0 Å². The van der Waals surface area contributed by atoms with Crippen molar-refractivity contribution < 1.29 is 19.1 Å². The largest absolute Gasteiger partial charge is 0.436 e. The van der Waals surface area contributed by atoms with Crippen molar-refractivity contribution in [1.82, 2.24) is 9.97 Å². The first-order valence-corrected chi connectivity index (χ1v) is 8.26. The van der Waals surface area contributed by atoms with Gasteiger partial charge >= 0.3 is 12.1 Å². The Bertz CT molecular complexity index is 861. The zero-order valence-corrected chi connectivity index (χ0v) is 14.9. The number of hydrogen-bond acceptors (Lipinski definition) is 7. The van der Waals surface area contributed by atoms with Gasteiger partial charge in [0.1, 0.15) is 5.75 Å². The minimum Gasteiger partial charge on any atom is -0.436 e. The minimum absolute atomic E-state index is 0.0906. The van der Waals surface area contributed by atoms with Crippen LogP contribution in [-0.4, -0.2) is 28.1 Å². The lowest BCUT2D eigenvalue weighted by Crippen LogP contribution is -2.33. The fraction of sp³-hybridized carbons (Fsp3) is 0.278. The van der Waals surface area contributed by atoms with Gasteiger partial charge in [-0.1, -0.05) is 13.8 Å². The smallest absolute Gasteiger partial charge is 0.405 e. The lowest BCUT2D eigenvalue weighted by atomic mass is 10.1. The number of nitrogens with one attached hydrogen (secondary N) is 1. The van der Waals surface area contributed by atoms with E-state index in [1.165, 1.54) is 12.4 Å². The SMILES string of the molecule is CCc1cc(C#N)ccc1Oc1ncc(NC(=O)[C@@H](CC)OC(N)=O)cn1. The number of carbonyl (C=O) groups excluding carboxylic acids is 2. The number of nitriles is 1. The number of benzene rings is 1. The molecule has 1 heterocycles. The second-order valence-corrected chi connectivity index (χ2v) is 5.47. The second-order valence-electron chi connectivity index (χ2n) is 5.47. The third kappa shape index (κ3) is 5.40. The van der Waals surface area contributed by atoms with Crippen molar-refractivity contribution in [2.24, 2.45) is 5.73 Å². The number of primary amides is 1. The summed E-state index contributed by atoms with van der Waals surface area (Å²) < 4.78 is 10.4. The van der Waals surface area contributed by atoms with Gasteiger partial charge in [0.2, 0.25) is 0 Å². The fourth-order valence-electron chi connectivity index (χ4n) is 2.24. The van der Waals surface area contributed by atoms with Crippen molar-refractivity contribution in [3.63, 3.8) is 0 Å². The number of carbonyl (C=O) groups is 2.